The van der Waals surface area contributed by atoms with E-state index in [0.717, 1.165) is 25.0 Å². The van der Waals surface area contributed by atoms with Crippen molar-refractivity contribution in [1.82, 2.24) is 5.32 Å². The van der Waals surface area contributed by atoms with E-state index in [2.05, 4.69) is 24.4 Å². The second kappa shape index (κ2) is 7.86. The third-order valence-electron chi connectivity index (χ3n) is 4.13. The molecule has 1 N–H and O–H groups in total. The van der Waals surface area contributed by atoms with E-state index in [0.29, 0.717) is 12.4 Å². The second-order valence-electron chi connectivity index (χ2n) is 5.97. The van der Waals surface area contributed by atoms with E-state index in [1.807, 2.05) is 36.4 Å². The van der Waals surface area contributed by atoms with Gasteiger partial charge in [-0.15, -0.1) is 0 Å². The predicted molar refractivity (Wildman–Crippen MR) is 93.4 cm³/mol. The number of rotatable bonds is 7. The highest BCUT2D eigenvalue weighted by molar-refractivity contribution is 5.78. The van der Waals surface area contributed by atoms with Gasteiger partial charge in [-0.3, -0.25) is 4.79 Å². The van der Waals surface area contributed by atoms with Crippen molar-refractivity contribution in [1.29, 1.82) is 0 Å². The van der Waals surface area contributed by atoms with E-state index in [1.165, 1.54) is 11.1 Å². The van der Waals surface area contributed by atoms with Crippen molar-refractivity contribution in [2.24, 2.45) is 0 Å². The van der Waals surface area contributed by atoms with Crippen LogP contribution in [0.3, 0.4) is 0 Å². The van der Waals surface area contributed by atoms with Gasteiger partial charge in [-0.2, -0.15) is 0 Å². The van der Waals surface area contributed by atoms with Gasteiger partial charge in [0.15, 0.2) is 6.61 Å². The highest BCUT2D eigenvalue weighted by atomic mass is 16.5. The summed E-state index contributed by atoms with van der Waals surface area (Å²) in [6.45, 7) is 2.79. The van der Waals surface area contributed by atoms with Crippen LogP contribution < -0.4 is 14.8 Å². The van der Waals surface area contributed by atoms with Crippen LogP contribution in [0, 0.1) is 0 Å². The van der Waals surface area contributed by atoms with Gasteiger partial charge in [0.1, 0.15) is 11.5 Å². The molecular formula is C20H23NO3. The Morgan fingerprint density at radius 1 is 1.08 bits per heavy atom. The summed E-state index contributed by atoms with van der Waals surface area (Å²) in [5.41, 5.74) is 2.55. The molecule has 0 bridgehead atoms. The van der Waals surface area contributed by atoms with E-state index < -0.39 is 0 Å². The van der Waals surface area contributed by atoms with Crippen molar-refractivity contribution in [3.63, 3.8) is 0 Å². The zero-order valence-corrected chi connectivity index (χ0v) is 14.0. The Morgan fingerprint density at radius 3 is 2.54 bits per heavy atom. The zero-order chi connectivity index (χ0) is 16.8. The molecule has 4 heteroatoms. The molecule has 0 spiro atoms. The molecule has 0 radical (unpaired) electrons. The largest absolute Gasteiger partial charge is 0.494 e. The first-order valence-electron chi connectivity index (χ1n) is 8.49. The molecule has 24 heavy (non-hydrogen) atoms. The Bertz CT molecular complexity index is 682. The maximum Gasteiger partial charge on any atom is 0.258 e. The van der Waals surface area contributed by atoms with Crippen LogP contribution in [0.15, 0.2) is 48.5 Å². The minimum atomic E-state index is -0.0944. The van der Waals surface area contributed by atoms with Gasteiger partial charge in [-0.05, 0) is 54.7 Å². The molecule has 1 aliphatic carbocycles. The number of hydrogen-bond acceptors (Lipinski definition) is 3. The number of carbonyl (C=O) groups is 1. The van der Waals surface area contributed by atoms with Crippen LogP contribution in [0.5, 0.6) is 11.5 Å². The summed E-state index contributed by atoms with van der Waals surface area (Å²) in [6.07, 6.45) is 2.94. The zero-order valence-electron chi connectivity index (χ0n) is 14.0. The van der Waals surface area contributed by atoms with Crippen molar-refractivity contribution >= 4 is 5.91 Å². The molecule has 2 aromatic carbocycles. The van der Waals surface area contributed by atoms with Crippen molar-refractivity contribution in [2.75, 3.05) is 13.2 Å². The normalized spacial score (nSPS) is 15.6. The molecule has 126 valence electrons. The van der Waals surface area contributed by atoms with Gasteiger partial charge in [0, 0.05) is 0 Å². The summed E-state index contributed by atoms with van der Waals surface area (Å²) < 4.78 is 11.1. The van der Waals surface area contributed by atoms with Crippen molar-refractivity contribution in [3.05, 3.63) is 59.7 Å². The lowest BCUT2D eigenvalue weighted by Crippen LogP contribution is -2.31. The first kappa shape index (κ1) is 16.4. The van der Waals surface area contributed by atoms with Gasteiger partial charge < -0.3 is 14.8 Å². The molecule has 0 aromatic heterocycles. The lowest BCUT2D eigenvalue weighted by molar-refractivity contribution is -0.123. The van der Waals surface area contributed by atoms with Crippen LogP contribution in [-0.2, 0) is 11.2 Å². The minimum Gasteiger partial charge on any atom is -0.494 e. The highest BCUT2D eigenvalue weighted by Crippen LogP contribution is 2.30. The first-order chi connectivity index (χ1) is 11.8. The van der Waals surface area contributed by atoms with Gasteiger partial charge >= 0.3 is 0 Å². The van der Waals surface area contributed by atoms with E-state index >= 15 is 0 Å². The van der Waals surface area contributed by atoms with Crippen LogP contribution in [0.25, 0.3) is 0 Å². The van der Waals surface area contributed by atoms with Crippen molar-refractivity contribution in [2.45, 2.75) is 32.2 Å². The Balaban J connectivity index is 1.48. The molecule has 0 saturated heterocycles. The van der Waals surface area contributed by atoms with Crippen LogP contribution >= 0.6 is 0 Å². The number of benzene rings is 2. The number of aryl methyl sites for hydroxylation is 1. The summed E-state index contributed by atoms with van der Waals surface area (Å²) in [6, 6.07) is 15.7. The average Bonchev–Trinajstić information content (AvgIpc) is 3.02. The summed E-state index contributed by atoms with van der Waals surface area (Å²) in [5, 5.41) is 3.06. The summed E-state index contributed by atoms with van der Waals surface area (Å²) >= 11 is 0. The average molecular weight is 325 g/mol. The molecule has 4 nitrogen and oxygen atoms in total. The number of nitrogens with one attached hydrogen (secondary N) is 1. The minimum absolute atomic E-state index is 0.0217. The molecular weight excluding hydrogens is 302 g/mol. The SMILES string of the molecule is CCCOc1ccc(OCC(=O)NC2CCc3ccccc32)cc1. The Labute approximate surface area is 142 Å². The Morgan fingerprint density at radius 2 is 1.79 bits per heavy atom. The second-order valence-corrected chi connectivity index (χ2v) is 5.97. The molecule has 0 saturated carbocycles. The molecule has 1 amide bonds. The summed E-state index contributed by atoms with van der Waals surface area (Å²) in [7, 11) is 0. The number of hydrogen-bond donors (Lipinski definition) is 1. The first-order valence-corrected chi connectivity index (χ1v) is 8.49. The quantitative estimate of drug-likeness (QED) is 0.845. The molecule has 3 rings (SSSR count). The van der Waals surface area contributed by atoms with Gasteiger partial charge in [-0.1, -0.05) is 31.2 Å². The van der Waals surface area contributed by atoms with Gasteiger partial charge in [0.25, 0.3) is 5.91 Å². The molecule has 0 fully saturated rings. The molecule has 0 heterocycles. The molecule has 0 aliphatic heterocycles. The monoisotopic (exact) mass is 325 g/mol. The van der Waals surface area contributed by atoms with Crippen LogP contribution in [0.4, 0.5) is 0 Å². The fraction of sp³-hybridized carbons (Fsp3) is 0.350. The van der Waals surface area contributed by atoms with Gasteiger partial charge in [0.2, 0.25) is 0 Å². The maximum absolute atomic E-state index is 12.1. The fourth-order valence-corrected chi connectivity index (χ4v) is 2.94. The molecule has 1 atom stereocenters. The smallest absolute Gasteiger partial charge is 0.258 e. The Hall–Kier alpha value is -2.49. The number of fused-ring (bicyclic) bond motifs is 1. The third kappa shape index (κ3) is 4.07. The van der Waals surface area contributed by atoms with E-state index in [1.54, 1.807) is 0 Å². The van der Waals surface area contributed by atoms with Gasteiger partial charge in [0.05, 0.1) is 12.6 Å². The number of carbonyl (C=O) groups excluding carboxylic acids is 1. The van der Waals surface area contributed by atoms with E-state index in [9.17, 15) is 4.79 Å². The van der Waals surface area contributed by atoms with E-state index in [-0.39, 0.29) is 18.6 Å². The van der Waals surface area contributed by atoms with Gasteiger partial charge in [-0.25, -0.2) is 0 Å². The third-order valence-corrected chi connectivity index (χ3v) is 4.13. The number of amides is 1. The van der Waals surface area contributed by atoms with Crippen LogP contribution in [0.1, 0.15) is 36.9 Å². The standard InChI is InChI=1S/C20H23NO3/c1-2-13-23-16-8-10-17(11-9-16)24-14-20(22)21-19-12-7-15-5-3-4-6-18(15)19/h3-6,8-11,19H,2,7,12-14H2,1H3,(H,21,22). The molecule has 2 aromatic rings. The number of ether oxygens (including phenoxy) is 2. The highest BCUT2D eigenvalue weighted by Gasteiger charge is 2.23. The molecule has 1 unspecified atom stereocenters. The fourth-order valence-electron chi connectivity index (χ4n) is 2.94. The van der Waals surface area contributed by atoms with Crippen molar-refractivity contribution < 1.29 is 14.3 Å². The summed E-state index contributed by atoms with van der Waals surface area (Å²) in [4.78, 5) is 12.1. The van der Waals surface area contributed by atoms with Crippen molar-refractivity contribution in [3.8, 4) is 11.5 Å². The van der Waals surface area contributed by atoms with Crippen LogP contribution in [-0.4, -0.2) is 19.1 Å². The lowest BCUT2D eigenvalue weighted by Gasteiger charge is -2.14. The summed E-state index contributed by atoms with van der Waals surface area (Å²) in [5.74, 6) is 1.39. The maximum atomic E-state index is 12.1. The predicted octanol–water partition coefficient (Wildman–Crippen LogP) is 3.66. The van der Waals surface area contributed by atoms with E-state index in [4.69, 9.17) is 9.47 Å². The topological polar surface area (TPSA) is 47.6 Å². The lowest BCUT2D eigenvalue weighted by atomic mass is 10.1. The van der Waals surface area contributed by atoms with Crippen LogP contribution in [0.2, 0.25) is 0 Å². The molecule has 1 aliphatic rings. The Kier molecular flexibility index (Phi) is 5.36.